The fourth-order valence-corrected chi connectivity index (χ4v) is 2.31. The van der Waals surface area contributed by atoms with Crippen molar-refractivity contribution in [3.63, 3.8) is 0 Å². The molecule has 0 bridgehead atoms. The summed E-state index contributed by atoms with van der Waals surface area (Å²) in [5.41, 5.74) is 1.67. The minimum Gasteiger partial charge on any atom is -0.487 e. The molecule has 0 saturated carbocycles. The van der Waals surface area contributed by atoms with Crippen LogP contribution in [0.1, 0.15) is 37.5 Å². The molecular formula is C15H19NO3. The second-order valence-electron chi connectivity index (χ2n) is 5.33. The average Bonchev–Trinajstić information content (AvgIpc) is 2.69. The van der Waals surface area contributed by atoms with Gasteiger partial charge in [0.05, 0.1) is 12.7 Å². The van der Waals surface area contributed by atoms with Gasteiger partial charge in [0.25, 0.3) is 0 Å². The molecule has 0 aliphatic carbocycles. The minimum absolute atomic E-state index is 0.0641. The highest BCUT2D eigenvalue weighted by atomic mass is 16.5. The first-order valence-corrected chi connectivity index (χ1v) is 6.50. The SMILES string of the molecule is CC1(C)Cc2cccc(C(C#N)OCCCO)c2O1. The molecule has 1 aromatic rings. The predicted octanol–water partition coefficient (Wildman–Crippen LogP) is 2.36. The van der Waals surface area contributed by atoms with Crippen LogP contribution in [0.3, 0.4) is 0 Å². The number of aliphatic hydroxyl groups excluding tert-OH is 1. The van der Waals surface area contributed by atoms with Crippen molar-refractivity contribution in [1.82, 2.24) is 0 Å². The van der Waals surface area contributed by atoms with E-state index in [9.17, 15) is 5.26 Å². The molecule has 19 heavy (non-hydrogen) atoms. The van der Waals surface area contributed by atoms with Crippen molar-refractivity contribution in [3.8, 4) is 11.8 Å². The van der Waals surface area contributed by atoms with E-state index in [1.807, 2.05) is 32.0 Å². The van der Waals surface area contributed by atoms with Gasteiger partial charge >= 0.3 is 0 Å². The van der Waals surface area contributed by atoms with Gasteiger partial charge in [0.2, 0.25) is 0 Å². The van der Waals surface area contributed by atoms with Crippen LogP contribution in [0.4, 0.5) is 0 Å². The molecular weight excluding hydrogens is 242 g/mol. The third-order valence-corrected chi connectivity index (χ3v) is 3.11. The number of ether oxygens (including phenoxy) is 2. The second kappa shape index (κ2) is 5.60. The number of benzene rings is 1. The lowest BCUT2D eigenvalue weighted by atomic mass is 9.99. The van der Waals surface area contributed by atoms with Crippen molar-refractivity contribution >= 4 is 0 Å². The molecule has 0 saturated heterocycles. The fraction of sp³-hybridized carbons (Fsp3) is 0.533. The lowest BCUT2D eigenvalue weighted by molar-refractivity contribution is 0.0721. The molecule has 102 valence electrons. The first-order valence-electron chi connectivity index (χ1n) is 6.50. The molecule has 1 aliphatic heterocycles. The quantitative estimate of drug-likeness (QED) is 0.826. The van der Waals surface area contributed by atoms with Crippen LogP contribution in [0.5, 0.6) is 5.75 Å². The number of nitrogens with zero attached hydrogens (tertiary/aromatic N) is 1. The molecule has 2 rings (SSSR count). The smallest absolute Gasteiger partial charge is 0.172 e. The van der Waals surface area contributed by atoms with Gasteiger partial charge in [-0.1, -0.05) is 18.2 Å². The molecule has 4 nitrogen and oxygen atoms in total. The second-order valence-corrected chi connectivity index (χ2v) is 5.33. The molecule has 1 heterocycles. The molecule has 1 aliphatic rings. The maximum Gasteiger partial charge on any atom is 0.172 e. The Hall–Kier alpha value is -1.57. The fourth-order valence-electron chi connectivity index (χ4n) is 2.31. The summed E-state index contributed by atoms with van der Waals surface area (Å²) in [5, 5.41) is 18.0. The molecule has 0 spiro atoms. The zero-order valence-corrected chi connectivity index (χ0v) is 11.3. The van der Waals surface area contributed by atoms with Gasteiger partial charge in [-0.15, -0.1) is 0 Å². The van der Waals surface area contributed by atoms with Gasteiger partial charge in [0.15, 0.2) is 6.10 Å². The Kier molecular flexibility index (Phi) is 4.08. The van der Waals surface area contributed by atoms with Crippen molar-refractivity contribution in [3.05, 3.63) is 29.3 Å². The highest BCUT2D eigenvalue weighted by Crippen LogP contribution is 2.40. The zero-order valence-electron chi connectivity index (χ0n) is 11.3. The van der Waals surface area contributed by atoms with Crippen LogP contribution >= 0.6 is 0 Å². The van der Waals surface area contributed by atoms with Crippen molar-refractivity contribution in [1.29, 1.82) is 5.26 Å². The van der Waals surface area contributed by atoms with Gasteiger partial charge < -0.3 is 14.6 Å². The Bertz CT molecular complexity index is 491. The number of aliphatic hydroxyl groups is 1. The Morgan fingerprint density at radius 1 is 1.53 bits per heavy atom. The van der Waals surface area contributed by atoms with E-state index >= 15 is 0 Å². The van der Waals surface area contributed by atoms with Crippen LogP contribution in [0.2, 0.25) is 0 Å². The van der Waals surface area contributed by atoms with E-state index in [0.29, 0.717) is 13.0 Å². The number of hydrogen-bond donors (Lipinski definition) is 1. The Balaban J connectivity index is 2.22. The van der Waals surface area contributed by atoms with Crippen LogP contribution in [-0.2, 0) is 11.2 Å². The highest BCUT2D eigenvalue weighted by molar-refractivity contribution is 5.48. The topological polar surface area (TPSA) is 62.5 Å². The third kappa shape index (κ3) is 3.06. The predicted molar refractivity (Wildman–Crippen MR) is 70.9 cm³/mol. The van der Waals surface area contributed by atoms with Gasteiger partial charge in [0, 0.05) is 18.6 Å². The molecule has 4 heteroatoms. The largest absolute Gasteiger partial charge is 0.487 e. The standard InChI is InChI=1S/C15H19NO3/c1-15(2)9-11-5-3-6-12(14(11)19-15)13(10-16)18-8-4-7-17/h3,5-6,13,17H,4,7-9H2,1-2H3. The number of nitriles is 1. The Morgan fingerprint density at radius 3 is 3.00 bits per heavy atom. The third-order valence-electron chi connectivity index (χ3n) is 3.11. The number of rotatable bonds is 5. The summed E-state index contributed by atoms with van der Waals surface area (Å²) >= 11 is 0. The lowest BCUT2D eigenvalue weighted by Crippen LogP contribution is -2.25. The molecule has 1 aromatic carbocycles. The molecule has 1 unspecified atom stereocenters. The first-order chi connectivity index (χ1) is 9.07. The van der Waals surface area contributed by atoms with E-state index < -0.39 is 6.10 Å². The summed E-state index contributed by atoms with van der Waals surface area (Å²) in [6, 6.07) is 7.97. The molecule has 0 amide bonds. The van der Waals surface area contributed by atoms with Gasteiger partial charge in [0.1, 0.15) is 11.4 Å². The summed E-state index contributed by atoms with van der Waals surface area (Å²) in [4.78, 5) is 0. The minimum atomic E-state index is -0.643. The maximum atomic E-state index is 9.25. The van der Waals surface area contributed by atoms with Gasteiger partial charge in [-0.3, -0.25) is 0 Å². The average molecular weight is 261 g/mol. The van der Waals surface area contributed by atoms with Crippen molar-refractivity contribution in [2.45, 2.75) is 38.4 Å². The molecule has 1 atom stereocenters. The summed E-state index contributed by atoms with van der Waals surface area (Å²) in [5.74, 6) is 0.781. The van der Waals surface area contributed by atoms with Crippen molar-refractivity contribution < 1.29 is 14.6 Å². The molecule has 0 radical (unpaired) electrons. The van der Waals surface area contributed by atoms with Crippen LogP contribution < -0.4 is 4.74 Å². The molecule has 0 fully saturated rings. The summed E-state index contributed by atoms with van der Waals surface area (Å²) in [6.07, 6.45) is 0.722. The molecule has 0 aromatic heterocycles. The van der Waals surface area contributed by atoms with Gasteiger partial charge in [-0.2, -0.15) is 5.26 Å². The highest BCUT2D eigenvalue weighted by Gasteiger charge is 2.33. The molecule has 1 N–H and O–H groups in total. The van der Waals surface area contributed by atoms with Crippen LogP contribution in [0.15, 0.2) is 18.2 Å². The zero-order chi connectivity index (χ0) is 13.9. The van der Waals surface area contributed by atoms with Crippen LogP contribution in [0.25, 0.3) is 0 Å². The number of fused-ring (bicyclic) bond motifs is 1. The van der Waals surface area contributed by atoms with Gasteiger partial charge in [-0.05, 0) is 25.8 Å². The van der Waals surface area contributed by atoms with E-state index in [1.54, 1.807) is 0 Å². The normalized spacial score (nSPS) is 17.4. The van der Waals surface area contributed by atoms with Gasteiger partial charge in [-0.25, -0.2) is 0 Å². The first kappa shape index (κ1) is 13.9. The van der Waals surface area contributed by atoms with E-state index in [1.165, 1.54) is 0 Å². The van der Waals surface area contributed by atoms with Crippen LogP contribution in [-0.4, -0.2) is 23.9 Å². The summed E-state index contributed by atoms with van der Waals surface area (Å²) < 4.78 is 11.4. The van der Waals surface area contributed by atoms with E-state index in [0.717, 1.165) is 23.3 Å². The summed E-state index contributed by atoms with van der Waals surface area (Å²) in [6.45, 7) is 4.49. The van der Waals surface area contributed by atoms with E-state index in [2.05, 4.69) is 6.07 Å². The number of hydrogen-bond acceptors (Lipinski definition) is 4. The van der Waals surface area contributed by atoms with Crippen molar-refractivity contribution in [2.24, 2.45) is 0 Å². The Morgan fingerprint density at radius 2 is 2.32 bits per heavy atom. The van der Waals surface area contributed by atoms with E-state index in [-0.39, 0.29) is 12.2 Å². The maximum absolute atomic E-state index is 9.25. The van der Waals surface area contributed by atoms with E-state index in [4.69, 9.17) is 14.6 Å². The lowest BCUT2D eigenvalue weighted by Gasteiger charge is -2.19. The monoisotopic (exact) mass is 261 g/mol. The van der Waals surface area contributed by atoms with Crippen molar-refractivity contribution in [2.75, 3.05) is 13.2 Å². The summed E-state index contributed by atoms with van der Waals surface area (Å²) in [7, 11) is 0. The number of para-hydroxylation sites is 1. The van der Waals surface area contributed by atoms with Crippen LogP contribution in [0, 0.1) is 11.3 Å². The Labute approximate surface area is 113 Å².